The predicted octanol–water partition coefficient (Wildman–Crippen LogP) is 5.56. The molecular formula is C25H18ClF2NO4. The van der Waals surface area contributed by atoms with Gasteiger partial charge in [-0.3, -0.25) is 14.5 Å². The lowest BCUT2D eigenvalue weighted by atomic mass is 9.94. The highest BCUT2D eigenvalue weighted by Crippen LogP contribution is 2.43. The van der Waals surface area contributed by atoms with Crippen molar-refractivity contribution in [2.45, 2.75) is 13.0 Å². The standard InChI is InChI=1S/C25H18ClF2NO4/c1-13-4-3-5-14(10-13)22-21(23(30)17-12-16(33-2)7-8-18(17)26)24(31)25(32)29(22)15-6-9-19(27)20(28)11-15/h3-12,22,30H,1-2H3/b23-21+. The lowest BCUT2D eigenvalue weighted by Crippen LogP contribution is -2.29. The van der Waals surface area contributed by atoms with E-state index < -0.39 is 35.1 Å². The average Bonchev–Trinajstić information content (AvgIpc) is 3.06. The number of halogens is 3. The summed E-state index contributed by atoms with van der Waals surface area (Å²) in [5.74, 6) is -4.37. The van der Waals surface area contributed by atoms with Gasteiger partial charge in [0.2, 0.25) is 0 Å². The van der Waals surface area contributed by atoms with Gasteiger partial charge in [0.15, 0.2) is 11.6 Å². The van der Waals surface area contributed by atoms with Crippen LogP contribution in [0, 0.1) is 18.6 Å². The zero-order valence-corrected chi connectivity index (χ0v) is 18.4. The lowest BCUT2D eigenvalue weighted by molar-refractivity contribution is -0.132. The van der Waals surface area contributed by atoms with Crippen molar-refractivity contribution in [2.75, 3.05) is 12.0 Å². The Bertz CT molecular complexity index is 1320. The minimum Gasteiger partial charge on any atom is -0.507 e. The van der Waals surface area contributed by atoms with Crippen LogP contribution in [0.15, 0.2) is 66.2 Å². The van der Waals surface area contributed by atoms with Crippen LogP contribution in [0.1, 0.15) is 22.7 Å². The molecular weight excluding hydrogens is 452 g/mol. The van der Waals surface area contributed by atoms with Crippen LogP contribution >= 0.6 is 11.6 Å². The first-order valence-corrected chi connectivity index (χ1v) is 10.3. The van der Waals surface area contributed by atoms with Gasteiger partial charge in [-0.2, -0.15) is 0 Å². The SMILES string of the molecule is COc1ccc(Cl)c(/C(O)=C2\C(=O)C(=O)N(c3ccc(F)c(F)c3)C2c2cccc(C)c2)c1. The number of nitrogens with zero attached hydrogens (tertiary/aromatic N) is 1. The normalized spacial score (nSPS) is 17.5. The molecule has 0 aromatic heterocycles. The first-order valence-electron chi connectivity index (χ1n) is 9.89. The molecule has 0 radical (unpaired) electrons. The smallest absolute Gasteiger partial charge is 0.300 e. The molecule has 3 aromatic carbocycles. The van der Waals surface area contributed by atoms with Crippen molar-refractivity contribution in [2.24, 2.45) is 0 Å². The summed E-state index contributed by atoms with van der Waals surface area (Å²) >= 11 is 6.27. The minimum absolute atomic E-state index is 0.0294. The van der Waals surface area contributed by atoms with E-state index in [0.29, 0.717) is 11.3 Å². The number of hydrogen-bond donors (Lipinski definition) is 1. The molecule has 8 heteroatoms. The number of anilines is 1. The summed E-state index contributed by atoms with van der Waals surface area (Å²) < 4.78 is 32.8. The second kappa shape index (κ2) is 8.67. The number of Topliss-reactive ketones (excluding diaryl/α,β-unsaturated/α-hetero) is 1. The Morgan fingerprint density at radius 2 is 1.79 bits per heavy atom. The summed E-state index contributed by atoms with van der Waals surface area (Å²) in [5.41, 5.74) is 1.17. The zero-order chi connectivity index (χ0) is 23.9. The largest absolute Gasteiger partial charge is 0.507 e. The molecule has 168 valence electrons. The molecule has 1 heterocycles. The molecule has 1 aliphatic rings. The van der Waals surface area contributed by atoms with Crippen LogP contribution in [0.25, 0.3) is 5.76 Å². The van der Waals surface area contributed by atoms with Crippen molar-refractivity contribution in [1.82, 2.24) is 0 Å². The second-order valence-corrected chi connectivity index (χ2v) is 7.93. The highest BCUT2D eigenvalue weighted by Gasteiger charge is 2.47. The van der Waals surface area contributed by atoms with Crippen LogP contribution in [0.4, 0.5) is 14.5 Å². The third-order valence-corrected chi connectivity index (χ3v) is 5.74. The molecule has 1 amide bonds. The molecule has 33 heavy (non-hydrogen) atoms. The van der Waals surface area contributed by atoms with Crippen LogP contribution in [0.5, 0.6) is 5.75 Å². The predicted molar refractivity (Wildman–Crippen MR) is 120 cm³/mol. The Kier molecular flexibility index (Phi) is 5.91. The average molecular weight is 470 g/mol. The van der Waals surface area contributed by atoms with Crippen molar-refractivity contribution in [1.29, 1.82) is 0 Å². The number of carbonyl (C=O) groups is 2. The highest BCUT2D eigenvalue weighted by molar-refractivity contribution is 6.52. The maximum Gasteiger partial charge on any atom is 0.300 e. The number of aliphatic hydroxyl groups excluding tert-OH is 1. The molecule has 1 aliphatic heterocycles. The fourth-order valence-corrected chi connectivity index (χ4v) is 4.05. The Balaban J connectivity index is 1.99. The molecule has 1 N–H and O–H groups in total. The number of methoxy groups -OCH3 is 1. The summed E-state index contributed by atoms with van der Waals surface area (Å²) in [7, 11) is 1.43. The number of carbonyl (C=O) groups excluding carboxylic acids is 2. The van der Waals surface area contributed by atoms with Gasteiger partial charge in [0, 0.05) is 17.3 Å². The molecule has 4 rings (SSSR count). The Morgan fingerprint density at radius 3 is 2.45 bits per heavy atom. The third kappa shape index (κ3) is 3.96. The fourth-order valence-electron chi connectivity index (χ4n) is 3.85. The molecule has 1 atom stereocenters. The number of hydrogen-bond acceptors (Lipinski definition) is 4. The minimum atomic E-state index is -1.17. The summed E-state index contributed by atoms with van der Waals surface area (Å²) in [6.45, 7) is 1.83. The molecule has 1 saturated heterocycles. The van der Waals surface area contributed by atoms with Gasteiger partial charge in [-0.15, -0.1) is 0 Å². The second-order valence-electron chi connectivity index (χ2n) is 7.53. The van der Waals surface area contributed by atoms with Gasteiger partial charge in [-0.1, -0.05) is 41.4 Å². The van der Waals surface area contributed by atoms with E-state index in [2.05, 4.69) is 0 Å². The van der Waals surface area contributed by atoms with Gasteiger partial charge >= 0.3 is 0 Å². The van der Waals surface area contributed by atoms with E-state index in [1.807, 2.05) is 13.0 Å². The monoisotopic (exact) mass is 469 g/mol. The quantitative estimate of drug-likeness (QED) is 0.308. The van der Waals surface area contributed by atoms with E-state index in [4.69, 9.17) is 16.3 Å². The Hall–Kier alpha value is -3.71. The maximum atomic E-state index is 14.0. The van der Waals surface area contributed by atoms with Crippen LogP contribution in [-0.2, 0) is 9.59 Å². The van der Waals surface area contributed by atoms with Crippen LogP contribution in [0.2, 0.25) is 5.02 Å². The summed E-state index contributed by atoms with van der Waals surface area (Å²) in [4.78, 5) is 27.3. The number of benzene rings is 3. The molecule has 0 saturated carbocycles. The van der Waals surface area contributed by atoms with Crippen LogP contribution < -0.4 is 9.64 Å². The molecule has 0 aliphatic carbocycles. The first kappa shape index (κ1) is 22.5. The molecule has 1 fully saturated rings. The topological polar surface area (TPSA) is 66.8 Å². The molecule has 5 nitrogen and oxygen atoms in total. The van der Waals surface area contributed by atoms with E-state index in [1.165, 1.54) is 25.3 Å². The van der Waals surface area contributed by atoms with Gasteiger partial charge < -0.3 is 9.84 Å². The van der Waals surface area contributed by atoms with Gasteiger partial charge in [0.1, 0.15) is 11.5 Å². The molecule has 0 spiro atoms. The van der Waals surface area contributed by atoms with Crippen molar-refractivity contribution < 1.29 is 28.2 Å². The van der Waals surface area contributed by atoms with Gasteiger partial charge in [0.25, 0.3) is 11.7 Å². The maximum absolute atomic E-state index is 14.0. The van der Waals surface area contributed by atoms with E-state index >= 15 is 0 Å². The van der Waals surface area contributed by atoms with Gasteiger partial charge in [-0.25, -0.2) is 8.78 Å². The number of rotatable bonds is 4. The number of ketones is 1. The first-order chi connectivity index (χ1) is 15.7. The zero-order valence-electron chi connectivity index (χ0n) is 17.6. The lowest BCUT2D eigenvalue weighted by Gasteiger charge is -2.26. The molecule has 3 aromatic rings. The van der Waals surface area contributed by atoms with E-state index in [-0.39, 0.29) is 21.8 Å². The van der Waals surface area contributed by atoms with Crippen LogP contribution in [-0.4, -0.2) is 23.9 Å². The third-order valence-electron chi connectivity index (χ3n) is 5.41. The summed E-state index contributed by atoms with van der Waals surface area (Å²) in [6, 6.07) is 13.3. The van der Waals surface area contributed by atoms with Crippen molar-refractivity contribution in [3.63, 3.8) is 0 Å². The van der Waals surface area contributed by atoms with Gasteiger partial charge in [-0.05, 0) is 42.8 Å². The van der Waals surface area contributed by atoms with E-state index in [0.717, 1.165) is 22.6 Å². The number of aryl methyl sites for hydroxylation is 1. The summed E-state index contributed by atoms with van der Waals surface area (Å²) in [5, 5.41) is 11.3. The Morgan fingerprint density at radius 1 is 1.03 bits per heavy atom. The Labute approximate surface area is 193 Å². The molecule has 0 bridgehead atoms. The summed E-state index contributed by atoms with van der Waals surface area (Å²) in [6.07, 6.45) is 0. The fraction of sp³-hybridized carbons (Fsp3) is 0.120. The number of ether oxygens (including phenoxy) is 1. The van der Waals surface area contributed by atoms with E-state index in [9.17, 15) is 23.5 Å². The highest BCUT2D eigenvalue weighted by atomic mass is 35.5. The van der Waals surface area contributed by atoms with Crippen molar-refractivity contribution in [3.05, 3.63) is 99.6 Å². The van der Waals surface area contributed by atoms with Crippen molar-refractivity contribution in [3.8, 4) is 5.75 Å². The van der Waals surface area contributed by atoms with E-state index in [1.54, 1.807) is 24.3 Å². The van der Waals surface area contributed by atoms with Gasteiger partial charge in [0.05, 0.1) is 23.7 Å². The van der Waals surface area contributed by atoms with Crippen molar-refractivity contribution >= 4 is 34.7 Å². The molecule has 1 unspecified atom stereocenters. The number of amides is 1. The number of aliphatic hydroxyl groups is 1. The van der Waals surface area contributed by atoms with Crippen LogP contribution in [0.3, 0.4) is 0 Å².